The van der Waals surface area contributed by atoms with E-state index in [1.807, 2.05) is 25.1 Å². The Morgan fingerprint density at radius 1 is 1.07 bits per heavy atom. The van der Waals surface area contributed by atoms with Gasteiger partial charge in [0.25, 0.3) is 11.1 Å². The number of hydrogen-bond donors (Lipinski definition) is 1. The lowest BCUT2D eigenvalue weighted by Gasteiger charge is -2.16. The van der Waals surface area contributed by atoms with E-state index in [0.29, 0.717) is 53.2 Å². The van der Waals surface area contributed by atoms with E-state index in [1.165, 1.54) is 7.11 Å². The summed E-state index contributed by atoms with van der Waals surface area (Å²) < 4.78 is 17.1. The molecule has 0 bridgehead atoms. The summed E-state index contributed by atoms with van der Waals surface area (Å²) in [6.45, 7) is 6.14. The van der Waals surface area contributed by atoms with Crippen LogP contribution in [0, 0.1) is 0 Å². The van der Waals surface area contributed by atoms with Crippen LogP contribution in [-0.4, -0.2) is 42.2 Å². The van der Waals surface area contributed by atoms with Crippen LogP contribution >= 0.6 is 23.4 Å². The monoisotopic (exact) mass is 592 g/mol. The predicted molar refractivity (Wildman–Crippen MR) is 162 cm³/mol. The molecule has 4 rings (SSSR count). The van der Waals surface area contributed by atoms with Crippen molar-refractivity contribution >= 4 is 52.2 Å². The summed E-state index contributed by atoms with van der Waals surface area (Å²) in [6, 6.07) is 17.8. The number of allylic oxidation sites excluding steroid dienone is 1. The standard InChI is InChI=1S/C31H29ClN2O6S/c1-4-6-22-15-21(16-26(38-3)29(22)40-19-20-7-9-23(32)10-8-20)17-27-30(36)34(31(37)41-27)18-28(35)33-24-11-13-25(14-12-24)39-5-2/h4,7-17H,1,5-6,18-19H2,2-3H3,(H,33,35)/b27-17+. The molecule has 0 spiro atoms. The number of hydrogen-bond acceptors (Lipinski definition) is 7. The van der Waals surface area contributed by atoms with Crippen molar-refractivity contribution in [1.82, 2.24) is 4.90 Å². The highest BCUT2D eigenvalue weighted by molar-refractivity contribution is 8.18. The maximum atomic E-state index is 13.1. The van der Waals surface area contributed by atoms with Crippen LogP contribution in [0.2, 0.25) is 5.02 Å². The Balaban J connectivity index is 1.48. The first kappa shape index (κ1) is 29.8. The van der Waals surface area contributed by atoms with Crippen molar-refractivity contribution in [2.45, 2.75) is 20.0 Å². The Morgan fingerprint density at radius 3 is 2.46 bits per heavy atom. The molecule has 0 aromatic heterocycles. The molecule has 41 heavy (non-hydrogen) atoms. The Kier molecular flexibility index (Phi) is 10.1. The van der Waals surface area contributed by atoms with Gasteiger partial charge in [0.15, 0.2) is 11.5 Å². The third-order valence-corrected chi connectivity index (χ3v) is 7.12. The summed E-state index contributed by atoms with van der Waals surface area (Å²) in [6.07, 6.45) is 3.83. The van der Waals surface area contributed by atoms with Gasteiger partial charge in [-0.2, -0.15) is 0 Å². The van der Waals surface area contributed by atoms with E-state index in [-0.39, 0.29) is 4.91 Å². The first-order valence-corrected chi connectivity index (χ1v) is 14.0. The lowest BCUT2D eigenvalue weighted by molar-refractivity contribution is -0.127. The number of nitrogens with one attached hydrogen (secondary N) is 1. The number of rotatable bonds is 12. The van der Waals surface area contributed by atoms with Crippen molar-refractivity contribution < 1.29 is 28.6 Å². The lowest BCUT2D eigenvalue weighted by atomic mass is 10.0. The molecule has 1 heterocycles. The van der Waals surface area contributed by atoms with E-state index in [9.17, 15) is 14.4 Å². The van der Waals surface area contributed by atoms with Crippen LogP contribution in [-0.2, 0) is 22.6 Å². The van der Waals surface area contributed by atoms with Crippen molar-refractivity contribution in [3.05, 3.63) is 99.9 Å². The fraction of sp³-hybridized carbons (Fsp3) is 0.194. The molecule has 1 aliphatic heterocycles. The summed E-state index contributed by atoms with van der Waals surface area (Å²) in [4.78, 5) is 39.4. The zero-order valence-corrected chi connectivity index (χ0v) is 24.2. The molecule has 3 aromatic carbocycles. The highest BCUT2D eigenvalue weighted by Crippen LogP contribution is 2.37. The largest absolute Gasteiger partial charge is 0.494 e. The number of thioether (sulfide) groups is 1. The number of halogens is 1. The van der Waals surface area contributed by atoms with E-state index in [0.717, 1.165) is 27.8 Å². The van der Waals surface area contributed by atoms with Gasteiger partial charge in [0.2, 0.25) is 5.91 Å². The average molecular weight is 593 g/mol. The molecule has 8 nitrogen and oxygen atoms in total. The molecule has 0 aliphatic carbocycles. The summed E-state index contributed by atoms with van der Waals surface area (Å²) in [7, 11) is 1.53. The van der Waals surface area contributed by atoms with Gasteiger partial charge >= 0.3 is 0 Å². The van der Waals surface area contributed by atoms with Gasteiger partial charge in [0.05, 0.1) is 18.6 Å². The molecule has 0 unspecified atom stereocenters. The first-order valence-electron chi connectivity index (χ1n) is 12.8. The number of methoxy groups -OCH3 is 1. The van der Waals surface area contributed by atoms with E-state index in [4.69, 9.17) is 25.8 Å². The Morgan fingerprint density at radius 2 is 1.80 bits per heavy atom. The van der Waals surface area contributed by atoms with Gasteiger partial charge in [-0.25, -0.2) is 0 Å². The maximum absolute atomic E-state index is 13.1. The summed E-state index contributed by atoms with van der Waals surface area (Å²) in [5.74, 6) is 0.664. The van der Waals surface area contributed by atoms with Gasteiger partial charge in [-0.3, -0.25) is 19.3 Å². The number of carbonyl (C=O) groups excluding carboxylic acids is 3. The highest BCUT2D eigenvalue weighted by atomic mass is 35.5. The SMILES string of the molecule is C=CCc1cc(/C=C2/SC(=O)N(CC(=O)Nc3ccc(OCC)cc3)C2=O)cc(OC)c1OCc1ccc(Cl)cc1. The van der Waals surface area contributed by atoms with Crippen LogP contribution in [0.3, 0.4) is 0 Å². The molecule has 3 amide bonds. The minimum Gasteiger partial charge on any atom is -0.494 e. The van der Waals surface area contributed by atoms with Gasteiger partial charge in [-0.1, -0.05) is 29.8 Å². The molecule has 0 radical (unpaired) electrons. The molecule has 212 valence electrons. The Hall–Kier alpha value is -4.21. The molecule has 0 saturated carbocycles. The van der Waals surface area contributed by atoms with Crippen LogP contribution in [0.1, 0.15) is 23.6 Å². The van der Waals surface area contributed by atoms with Crippen molar-refractivity contribution in [3.8, 4) is 17.2 Å². The van der Waals surface area contributed by atoms with Crippen LogP contribution in [0.4, 0.5) is 10.5 Å². The van der Waals surface area contributed by atoms with Crippen molar-refractivity contribution in [2.24, 2.45) is 0 Å². The lowest BCUT2D eigenvalue weighted by Crippen LogP contribution is -2.36. The first-order chi connectivity index (χ1) is 19.8. The molecule has 10 heteroatoms. The smallest absolute Gasteiger partial charge is 0.294 e. The number of amides is 3. The fourth-order valence-electron chi connectivity index (χ4n) is 4.06. The number of carbonyl (C=O) groups is 3. The molecule has 0 atom stereocenters. The second kappa shape index (κ2) is 13.9. The quantitative estimate of drug-likeness (QED) is 0.184. The molecule has 1 saturated heterocycles. The van der Waals surface area contributed by atoms with E-state index in [1.54, 1.807) is 54.6 Å². The number of imide groups is 1. The average Bonchev–Trinajstić information content (AvgIpc) is 3.21. The fourth-order valence-corrected chi connectivity index (χ4v) is 5.02. The second-order valence-electron chi connectivity index (χ2n) is 8.89. The minimum atomic E-state index is -0.547. The Labute approximate surface area is 247 Å². The van der Waals surface area contributed by atoms with Gasteiger partial charge in [-0.05, 0) is 90.8 Å². The third-order valence-electron chi connectivity index (χ3n) is 5.96. The van der Waals surface area contributed by atoms with E-state index < -0.39 is 23.6 Å². The maximum Gasteiger partial charge on any atom is 0.294 e. The topological polar surface area (TPSA) is 94.2 Å². The molecular weight excluding hydrogens is 564 g/mol. The predicted octanol–water partition coefficient (Wildman–Crippen LogP) is 6.73. The number of nitrogens with zero attached hydrogens (tertiary/aromatic N) is 1. The van der Waals surface area contributed by atoms with Crippen molar-refractivity contribution in [2.75, 3.05) is 25.6 Å². The molecule has 3 aromatic rings. The number of ether oxygens (including phenoxy) is 3. The van der Waals surface area contributed by atoms with Gasteiger partial charge < -0.3 is 19.5 Å². The second-order valence-corrected chi connectivity index (χ2v) is 10.3. The normalized spacial score (nSPS) is 13.8. The number of anilines is 1. The van der Waals surface area contributed by atoms with Gasteiger partial charge in [0, 0.05) is 16.3 Å². The summed E-state index contributed by atoms with van der Waals surface area (Å²) >= 11 is 6.76. The van der Waals surface area contributed by atoms with Gasteiger partial charge in [-0.15, -0.1) is 6.58 Å². The van der Waals surface area contributed by atoms with E-state index >= 15 is 0 Å². The summed E-state index contributed by atoms with van der Waals surface area (Å²) in [5, 5.41) is 2.81. The van der Waals surface area contributed by atoms with Crippen LogP contribution in [0.15, 0.2) is 78.2 Å². The Bertz CT molecular complexity index is 1470. The molecule has 1 N–H and O–H groups in total. The number of benzene rings is 3. The molecular formula is C31H29ClN2O6S. The van der Waals surface area contributed by atoms with Crippen LogP contribution < -0.4 is 19.5 Å². The third kappa shape index (κ3) is 7.71. The zero-order valence-electron chi connectivity index (χ0n) is 22.6. The summed E-state index contributed by atoms with van der Waals surface area (Å²) in [5.41, 5.74) is 2.90. The highest BCUT2D eigenvalue weighted by Gasteiger charge is 2.36. The van der Waals surface area contributed by atoms with Gasteiger partial charge in [0.1, 0.15) is 18.9 Å². The van der Waals surface area contributed by atoms with Crippen molar-refractivity contribution in [1.29, 1.82) is 0 Å². The van der Waals surface area contributed by atoms with E-state index in [2.05, 4.69) is 11.9 Å². The van der Waals surface area contributed by atoms with Crippen LogP contribution in [0.25, 0.3) is 6.08 Å². The molecule has 1 fully saturated rings. The van der Waals surface area contributed by atoms with Crippen LogP contribution in [0.5, 0.6) is 17.2 Å². The minimum absolute atomic E-state index is 0.199. The van der Waals surface area contributed by atoms with Crippen molar-refractivity contribution in [3.63, 3.8) is 0 Å². The zero-order chi connectivity index (χ0) is 29.4. The molecule has 1 aliphatic rings.